The Kier molecular flexibility index (Phi) is 1.52. The zero-order valence-corrected chi connectivity index (χ0v) is 7.82. The number of fused-ring (bicyclic) bond motifs is 1. The van der Waals surface area contributed by atoms with Crippen LogP contribution in [-0.2, 0) is 17.6 Å². The van der Waals surface area contributed by atoms with Crippen molar-refractivity contribution in [2.75, 3.05) is 6.61 Å². The summed E-state index contributed by atoms with van der Waals surface area (Å²) in [6.07, 6.45) is 5.86. The Balaban J connectivity index is 1.97. The van der Waals surface area contributed by atoms with E-state index in [1.54, 1.807) is 10.4 Å². The number of thiophene rings is 1. The third-order valence-corrected chi connectivity index (χ3v) is 4.00. The van der Waals surface area contributed by atoms with Crippen LogP contribution in [0.1, 0.15) is 34.3 Å². The fourth-order valence-electron chi connectivity index (χ4n) is 1.88. The van der Waals surface area contributed by atoms with Gasteiger partial charge >= 0.3 is 0 Å². The summed E-state index contributed by atoms with van der Waals surface area (Å²) < 4.78 is 5.28. The van der Waals surface area contributed by atoms with E-state index in [4.69, 9.17) is 4.74 Å². The molecule has 1 atom stereocenters. The Morgan fingerprint density at radius 1 is 1.33 bits per heavy atom. The van der Waals surface area contributed by atoms with Gasteiger partial charge in [0.1, 0.15) is 6.10 Å². The Hall–Kier alpha value is -0.340. The fraction of sp³-hybridized carbons (Fsp3) is 0.600. The van der Waals surface area contributed by atoms with E-state index in [0.29, 0.717) is 6.10 Å². The fourth-order valence-corrected chi connectivity index (χ4v) is 3.18. The molecule has 0 N–H and O–H groups in total. The van der Waals surface area contributed by atoms with Gasteiger partial charge in [0.2, 0.25) is 0 Å². The molecule has 0 spiro atoms. The molecule has 0 unspecified atom stereocenters. The molecule has 2 heteroatoms. The van der Waals surface area contributed by atoms with E-state index in [2.05, 4.69) is 6.07 Å². The van der Waals surface area contributed by atoms with Gasteiger partial charge in [0.25, 0.3) is 0 Å². The number of hydrogen-bond donors (Lipinski definition) is 0. The predicted molar refractivity (Wildman–Crippen MR) is 49.7 cm³/mol. The monoisotopic (exact) mass is 180 g/mol. The van der Waals surface area contributed by atoms with Gasteiger partial charge in [-0.2, -0.15) is 0 Å². The van der Waals surface area contributed by atoms with Gasteiger partial charge in [-0.1, -0.05) is 0 Å². The van der Waals surface area contributed by atoms with Crippen LogP contribution in [-0.4, -0.2) is 6.61 Å². The van der Waals surface area contributed by atoms with E-state index < -0.39 is 0 Å². The van der Waals surface area contributed by atoms with Crippen molar-refractivity contribution in [1.29, 1.82) is 0 Å². The molecule has 1 aromatic rings. The van der Waals surface area contributed by atoms with Gasteiger partial charge in [0, 0.05) is 9.75 Å². The lowest BCUT2D eigenvalue weighted by Gasteiger charge is -2.08. The SMILES string of the molecule is c1c([C@@H]2CO2)sc2c1CCCC2. The molecule has 0 amide bonds. The molecule has 0 bridgehead atoms. The van der Waals surface area contributed by atoms with Crippen molar-refractivity contribution in [2.45, 2.75) is 31.8 Å². The molecule has 0 radical (unpaired) electrons. The summed E-state index contributed by atoms with van der Waals surface area (Å²) >= 11 is 1.98. The second-order valence-electron chi connectivity index (χ2n) is 3.63. The molecule has 2 aliphatic rings. The Morgan fingerprint density at radius 2 is 2.17 bits per heavy atom. The van der Waals surface area contributed by atoms with E-state index in [0.717, 1.165) is 6.61 Å². The Bertz CT molecular complexity index is 275. The molecule has 1 saturated heterocycles. The zero-order chi connectivity index (χ0) is 7.97. The first-order chi connectivity index (χ1) is 5.93. The van der Waals surface area contributed by atoms with Gasteiger partial charge in [-0.3, -0.25) is 0 Å². The molecule has 1 fully saturated rings. The molecule has 0 aromatic carbocycles. The van der Waals surface area contributed by atoms with Crippen molar-refractivity contribution in [3.8, 4) is 0 Å². The van der Waals surface area contributed by atoms with Crippen LogP contribution in [0.5, 0.6) is 0 Å². The normalized spacial score (nSPS) is 26.8. The van der Waals surface area contributed by atoms with Crippen molar-refractivity contribution in [3.05, 3.63) is 21.4 Å². The highest BCUT2D eigenvalue weighted by Gasteiger charge is 2.28. The van der Waals surface area contributed by atoms with Crippen molar-refractivity contribution in [3.63, 3.8) is 0 Å². The molecule has 3 rings (SSSR count). The van der Waals surface area contributed by atoms with Crippen LogP contribution in [0.15, 0.2) is 6.07 Å². The quantitative estimate of drug-likeness (QED) is 0.605. The van der Waals surface area contributed by atoms with Gasteiger partial charge in [-0.25, -0.2) is 0 Å². The Morgan fingerprint density at radius 3 is 2.92 bits per heavy atom. The first-order valence-electron chi connectivity index (χ1n) is 4.66. The van der Waals surface area contributed by atoms with E-state index >= 15 is 0 Å². The molecular weight excluding hydrogens is 168 g/mol. The number of rotatable bonds is 1. The van der Waals surface area contributed by atoms with Gasteiger partial charge in [0.05, 0.1) is 6.61 Å². The first-order valence-corrected chi connectivity index (χ1v) is 5.48. The maximum absolute atomic E-state index is 5.28. The number of aryl methyl sites for hydroxylation is 2. The summed E-state index contributed by atoms with van der Waals surface area (Å²) in [4.78, 5) is 3.11. The van der Waals surface area contributed by atoms with E-state index in [-0.39, 0.29) is 0 Å². The van der Waals surface area contributed by atoms with Crippen LogP contribution in [0.3, 0.4) is 0 Å². The van der Waals surface area contributed by atoms with Crippen LogP contribution in [0, 0.1) is 0 Å². The standard InChI is InChI=1S/C10H12OS/c1-2-4-9-7(3-1)5-10(12-9)8-6-11-8/h5,8H,1-4,6H2/t8-/m0/s1. The third-order valence-electron chi connectivity index (χ3n) is 2.67. The number of ether oxygens (including phenoxy) is 1. The predicted octanol–water partition coefficient (Wildman–Crippen LogP) is 2.70. The average Bonchev–Trinajstić information content (AvgIpc) is 2.85. The largest absolute Gasteiger partial charge is 0.367 e. The molecule has 64 valence electrons. The van der Waals surface area contributed by atoms with Crippen molar-refractivity contribution in [2.24, 2.45) is 0 Å². The van der Waals surface area contributed by atoms with E-state index in [1.807, 2.05) is 11.3 Å². The lowest BCUT2D eigenvalue weighted by Crippen LogP contribution is -1.96. The van der Waals surface area contributed by atoms with E-state index in [1.165, 1.54) is 30.6 Å². The minimum atomic E-state index is 0.473. The number of epoxide rings is 1. The summed E-state index contributed by atoms with van der Waals surface area (Å²) in [5.41, 5.74) is 1.61. The second kappa shape index (κ2) is 2.57. The Labute approximate surface area is 76.4 Å². The second-order valence-corrected chi connectivity index (χ2v) is 4.79. The summed E-state index contributed by atoms with van der Waals surface area (Å²) in [7, 11) is 0. The highest BCUT2D eigenvalue weighted by atomic mass is 32.1. The molecule has 0 saturated carbocycles. The molecule has 1 aliphatic heterocycles. The minimum Gasteiger partial charge on any atom is -0.367 e. The van der Waals surface area contributed by atoms with Crippen LogP contribution >= 0.6 is 11.3 Å². The smallest absolute Gasteiger partial charge is 0.115 e. The minimum absolute atomic E-state index is 0.473. The first kappa shape index (κ1) is 7.10. The zero-order valence-electron chi connectivity index (χ0n) is 7.01. The van der Waals surface area contributed by atoms with Crippen LogP contribution in [0.4, 0.5) is 0 Å². The van der Waals surface area contributed by atoms with Gasteiger partial charge in [-0.15, -0.1) is 11.3 Å². The summed E-state index contributed by atoms with van der Waals surface area (Å²) in [6, 6.07) is 2.37. The van der Waals surface area contributed by atoms with Gasteiger partial charge in [0.15, 0.2) is 0 Å². The van der Waals surface area contributed by atoms with Crippen molar-refractivity contribution < 1.29 is 4.74 Å². The molecule has 1 aromatic heterocycles. The molecule has 1 aliphatic carbocycles. The van der Waals surface area contributed by atoms with Crippen molar-refractivity contribution >= 4 is 11.3 Å². The van der Waals surface area contributed by atoms with Crippen molar-refractivity contribution in [1.82, 2.24) is 0 Å². The summed E-state index contributed by atoms with van der Waals surface area (Å²) in [6.45, 7) is 0.958. The van der Waals surface area contributed by atoms with Crippen LogP contribution in [0.2, 0.25) is 0 Å². The topological polar surface area (TPSA) is 12.5 Å². The maximum atomic E-state index is 5.28. The summed E-state index contributed by atoms with van der Waals surface area (Å²) in [5, 5.41) is 0. The molecular formula is C10H12OS. The highest BCUT2D eigenvalue weighted by Crippen LogP contribution is 2.39. The van der Waals surface area contributed by atoms with Crippen LogP contribution < -0.4 is 0 Å². The van der Waals surface area contributed by atoms with Crippen LogP contribution in [0.25, 0.3) is 0 Å². The number of hydrogen-bond acceptors (Lipinski definition) is 2. The van der Waals surface area contributed by atoms with Gasteiger partial charge in [-0.05, 0) is 37.3 Å². The highest BCUT2D eigenvalue weighted by molar-refractivity contribution is 7.12. The average molecular weight is 180 g/mol. The summed E-state index contributed by atoms with van der Waals surface area (Å²) in [5.74, 6) is 0. The molecule has 12 heavy (non-hydrogen) atoms. The third kappa shape index (κ3) is 1.10. The lowest BCUT2D eigenvalue weighted by atomic mass is 9.99. The maximum Gasteiger partial charge on any atom is 0.115 e. The lowest BCUT2D eigenvalue weighted by molar-refractivity contribution is 0.418. The molecule has 1 nitrogen and oxygen atoms in total. The molecule has 2 heterocycles. The van der Waals surface area contributed by atoms with E-state index in [9.17, 15) is 0 Å². The van der Waals surface area contributed by atoms with Gasteiger partial charge < -0.3 is 4.74 Å².